The fourth-order valence-electron chi connectivity index (χ4n) is 4.32. The minimum Gasteiger partial charge on any atom is -0.440 e. The Bertz CT molecular complexity index is 561. The van der Waals surface area contributed by atoms with Crippen molar-refractivity contribution in [3.63, 3.8) is 0 Å². The monoisotopic (exact) mass is 470 g/mol. The van der Waals surface area contributed by atoms with E-state index in [1.54, 1.807) is 0 Å². The lowest BCUT2D eigenvalue weighted by molar-refractivity contribution is -0.193. The van der Waals surface area contributed by atoms with Gasteiger partial charge in [-0.25, -0.2) is 0 Å². The number of hydrogen-bond donors (Lipinski definition) is 2. The Morgan fingerprint density at radius 2 is 1.27 bits per heavy atom. The summed E-state index contributed by atoms with van der Waals surface area (Å²) in [6.07, 6.45) is 8.37. The Balaban J connectivity index is 6.10. The number of carbonyl (C=O) groups excluding carboxylic acids is 3. The molecule has 0 aromatic rings. The van der Waals surface area contributed by atoms with Crippen molar-refractivity contribution in [2.45, 2.75) is 136 Å². The van der Waals surface area contributed by atoms with E-state index in [0.717, 1.165) is 51.4 Å². The number of carbonyl (C=O) groups is 3. The predicted octanol–water partition coefficient (Wildman–Crippen LogP) is 5.55. The SMILES string of the molecule is CCCCCCCC(=O)C(OC(=O)C(CC)CCCC)(C(=O)C(CC)CCCC)C(O)CO. The molecule has 6 nitrogen and oxygen atoms in total. The molecule has 0 bridgehead atoms. The Morgan fingerprint density at radius 3 is 1.76 bits per heavy atom. The zero-order chi connectivity index (χ0) is 25.3. The molecule has 0 fully saturated rings. The van der Waals surface area contributed by atoms with Crippen LogP contribution < -0.4 is 0 Å². The Hall–Kier alpha value is -1.27. The molecule has 6 heteroatoms. The van der Waals surface area contributed by atoms with Crippen molar-refractivity contribution in [2.24, 2.45) is 11.8 Å². The van der Waals surface area contributed by atoms with Gasteiger partial charge in [-0.15, -0.1) is 0 Å². The average Bonchev–Trinajstić information content (AvgIpc) is 2.82. The van der Waals surface area contributed by atoms with Crippen molar-refractivity contribution in [3.05, 3.63) is 0 Å². The molecule has 2 N–H and O–H groups in total. The minimum absolute atomic E-state index is 0.0375. The van der Waals surface area contributed by atoms with Gasteiger partial charge in [-0.05, 0) is 32.1 Å². The van der Waals surface area contributed by atoms with Gasteiger partial charge in [0.15, 0.2) is 11.6 Å². The average molecular weight is 471 g/mol. The zero-order valence-corrected chi connectivity index (χ0v) is 21.9. The molecule has 33 heavy (non-hydrogen) atoms. The lowest BCUT2D eigenvalue weighted by atomic mass is 9.76. The number of unbranched alkanes of at least 4 members (excludes halogenated alkanes) is 6. The van der Waals surface area contributed by atoms with Crippen molar-refractivity contribution < 1.29 is 29.3 Å². The van der Waals surface area contributed by atoms with Gasteiger partial charge in [0.05, 0.1) is 12.5 Å². The molecule has 0 saturated carbocycles. The maximum Gasteiger partial charge on any atom is 0.310 e. The molecule has 0 saturated heterocycles. The molecule has 0 aliphatic carbocycles. The number of hydrogen-bond acceptors (Lipinski definition) is 6. The summed E-state index contributed by atoms with van der Waals surface area (Å²) in [6.45, 7) is 9.07. The summed E-state index contributed by atoms with van der Waals surface area (Å²) in [4.78, 5) is 40.4. The van der Waals surface area contributed by atoms with Gasteiger partial charge >= 0.3 is 5.97 Å². The normalized spacial score (nSPS) is 16.0. The van der Waals surface area contributed by atoms with Crippen LogP contribution in [0.2, 0.25) is 0 Å². The summed E-state index contributed by atoms with van der Waals surface area (Å²) in [5.41, 5.74) is -2.33. The zero-order valence-electron chi connectivity index (χ0n) is 21.9. The molecule has 0 amide bonds. The number of aliphatic hydroxyl groups excluding tert-OH is 2. The lowest BCUT2D eigenvalue weighted by Gasteiger charge is -2.37. The van der Waals surface area contributed by atoms with Crippen LogP contribution in [0.5, 0.6) is 0 Å². The van der Waals surface area contributed by atoms with Crippen molar-refractivity contribution in [1.29, 1.82) is 0 Å². The van der Waals surface area contributed by atoms with Gasteiger partial charge < -0.3 is 14.9 Å². The molecule has 0 aliphatic rings. The second-order valence-electron chi connectivity index (χ2n) is 9.30. The van der Waals surface area contributed by atoms with Gasteiger partial charge in [0.25, 0.3) is 5.60 Å². The van der Waals surface area contributed by atoms with E-state index in [1.807, 2.05) is 27.7 Å². The van der Waals surface area contributed by atoms with E-state index in [1.165, 1.54) is 0 Å². The van der Waals surface area contributed by atoms with Crippen molar-refractivity contribution >= 4 is 17.5 Å². The summed E-state index contributed by atoms with van der Waals surface area (Å²) in [7, 11) is 0. The van der Waals surface area contributed by atoms with Crippen LogP contribution in [0.1, 0.15) is 125 Å². The number of ketones is 2. The third-order valence-corrected chi connectivity index (χ3v) is 6.69. The maximum absolute atomic E-state index is 13.8. The fraction of sp³-hybridized carbons (Fsp3) is 0.889. The number of esters is 1. The van der Waals surface area contributed by atoms with Crippen molar-refractivity contribution in [2.75, 3.05) is 6.61 Å². The number of ether oxygens (including phenoxy) is 1. The van der Waals surface area contributed by atoms with Crippen LogP contribution >= 0.6 is 0 Å². The first-order chi connectivity index (χ1) is 15.8. The quantitative estimate of drug-likeness (QED) is 0.129. The minimum atomic E-state index is -2.33. The highest BCUT2D eigenvalue weighted by Gasteiger charge is 2.56. The Morgan fingerprint density at radius 1 is 0.758 bits per heavy atom. The van der Waals surface area contributed by atoms with E-state index in [-0.39, 0.29) is 6.42 Å². The van der Waals surface area contributed by atoms with Crippen LogP contribution in [0, 0.1) is 11.8 Å². The Kier molecular flexibility index (Phi) is 17.4. The van der Waals surface area contributed by atoms with Crippen LogP contribution in [-0.2, 0) is 19.1 Å². The fourth-order valence-corrected chi connectivity index (χ4v) is 4.32. The standard InChI is InChI=1S/C27H50O6/c1-6-11-14-15-16-19-23(29)27(24(30)20-28,25(31)21(9-4)17-12-7-2)33-26(32)22(10-5)18-13-8-3/h21-22,24,28,30H,6-20H2,1-5H3. The third-order valence-electron chi connectivity index (χ3n) is 6.69. The van der Waals surface area contributed by atoms with E-state index < -0.39 is 47.7 Å². The first kappa shape index (κ1) is 31.7. The highest BCUT2D eigenvalue weighted by atomic mass is 16.6. The van der Waals surface area contributed by atoms with Crippen LogP contribution in [-0.4, -0.2) is 46.1 Å². The second kappa shape index (κ2) is 18.1. The van der Waals surface area contributed by atoms with Gasteiger partial charge in [-0.3, -0.25) is 14.4 Å². The summed E-state index contributed by atoms with van der Waals surface area (Å²) in [5, 5.41) is 20.7. The summed E-state index contributed by atoms with van der Waals surface area (Å²) >= 11 is 0. The van der Waals surface area contributed by atoms with Crippen LogP contribution in [0.25, 0.3) is 0 Å². The molecular weight excluding hydrogens is 420 g/mol. The molecule has 4 unspecified atom stereocenters. The highest BCUT2D eigenvalue weighted by Crippen LogP contribution is 2.32. The third kappa shape index (κ3) is 9.86. The Labute approximate surface area is 201 Å². The summed E-state index contributed by atoms with van der Waals surface area (Å²) < 4.78 is 5.76. The van der Waals surface area contributed by atoms with E-state index in [4.69, 9.17) is 4.74 Å². The highest BCUT2D eigenvalue weighted by molar-refractivity contribution is 6.13. The number of aliphatic hydroxyl groups is 2. The van der Waals surface area contributed by atoms with Gasteiger partial charge in [-0.1, -0.05) is 86.0 Å². The smallest absolute Gasteiger partial charge is 0.310 e. The first-order valence-corrected chi connectivity index (χ1v) is 13.4. The van der Waals surface area contributed by atoms with Gasteiger partial charge in [0.1, 0.15) is 6.10 Å². The molecule has 0 heterocycles. The lowest BCUT2D eigenvalue weighted by Crippen LogP contribution is -2.62. The van der Waals surface area contributed by atoms with Gasteiger partial charge in [0.2, 0.25) is 0 Å². The molecule has 0 aromatic heterocycles. The molecule has 0 aliphatic heterocycles. The predicted molar refractivity (Wildman–Crippen MR) is 132 cm³/mol. The van der Waals surface area contributed by atoms with Crippen LogP contribution in [0.15, 0.2) is 0 Å². The van der Waals surface area contributed by atoms with E-state index in [0.29, 0.717) is 32.1 Å². The molecular formula is C27H50O6. The van der Waals surface area contributed by atoms with E-state index >= 15 is 0 Å². The topological polar surface area (TPSA) is 101 Å². The van der Waals surface area contributed by atoms with E-state index in [9.17, 15) is 24.6 Å². The van der Waals surface area contributed by atoms with Gasteiger partial charge in [0, 0.05) is 12.3 Å². The van der Waals surface area contributed by atoms with Gasteiger partial charge in [-0.2, -0.15) is 0 Å². The molecule has 0 spiro atoms. The molecule has 0 aromatic carbocycles. The molecule has 0 rings (SSSR count). The second-order valence-corrected chi connectivity index (χ2v) is 9.30. The van der Waals surface area contributed by atoms with Crippen molar-refractivity contribution in [3.8, 4) is 0 Å². The largest absolute Gasteiger partial charge is 0.440 e. The maximum atomic E-state index is 13.8. The molecule has 194 valence electrons. The number of rotatable bonds is 21. The molecule has 0 radical (unpaired) electrons. The van der Waals surface area contributed by atoms with E-state index in [2.05, 4.69) is 6.92 Å². The van der Waals surface area contributed by atoms with Crippen molar-refractivity contribution in [1.82, 2.24) is 0 Å². The molecule has 4 atom stereocenters. The van der Waals surface area contributed by atoms with Crippen LogP contribution in [0.4, 0.5) is 0 Å². The summed E-state index contributed by atoms with van der Waals surface area (Å²) in [6, 6.07) is 0. The number of Topliss-reactive ketones (excluding diaryl/α,β-unsaturated/α-hetero) is 2. The first-order valence-electron chi connectivity index (χ1n) is 13.4. The van der Waals surface area contributed by atoms with Crippen LogP contribution in [0.3, 0.4) is 0 Å². The summed E-state index contributed by atoms with van der Waals surface area (Å²) in [5.74, 6) is -2.73.